The molecule has 6 heteroatoms. The summed E-state index contributed by atoms with van der Waals surface area (Å²) in [5.74, 6) is 0.771. The van der Waals surface area contributed by atoms with Gasteiger partial charge in [-0.05, 0) is 23.8 Å². The lowest BCUT2D eigenvalue weighted by molar-refractivity contribution is 0.414. The summed E-state index contributed by atoms with van der Waals surface area (Å²) in [6, 6.07) is 7.13. The second-order valence-corrected chi connectivity index (χ2v) is 6.78. The zero-order valence-electron chi connectivity index (χ0n) is 9.41. The highest BCUT2D eigenvalue weighted by Gasteiger charge is 2.18. The molecule has 0 aliphatic heterocycles. The number of nitrogens with two attached hydrogens (primary N) is 1. The van der Waals surface area contributed by atoms with Gasteiger partial charge in [0, 0.05) is 10.0 Å². The molecule has 0 saturated heterocycles. The van der Waals surface area contributed by atoms with Crippen molar-refractivity contribution in [3.8, 4) is 5.75 Å². The van der Waals surface area contributed by atoms with Crippen LogP contribution < -0.4 is 10.5 Å². The van der Waals surface area contributed by atoms with Crippen molar-refractivity contribution in [1.29, 1.82) is 0 Å². The van der Waals surface area contributed by atoms with Crippen molar-refractivity contribution in [2.45, 2.75) is 6.04 Å². The van der Waals surface area contributed by atoms with E-state index in [1.165, 1.54) is 11.3 Å². The van der Waals surface area contributed by atoms with Crippen molar-refractivity contribution >= 4 is 50.5 Å². The number of halogens is 3. The van der Waals surface area contributed by atoms with Crippen LogP contribution in [0.4, 0.5) is 0 Å². The Balaban J connectivity index is 2.39. The molecule has 1 unspecified atom stereocenters. The molecule has 2 aromatic rings. The van der Waals surface area contributed by atoms with Crippen molar-refractivity contribution < 1.29 is 4.74 Å². The molecule has 0 fully saturated rings. The van der Waals surface area contributed by atoms with Crippen LogP contribution in [0, 0.1) is 0 Å². The maximum absolute atomic E-state index is 6.22. The van der Waals surface area contributed by atoms with Gasteiger partial charge in [0.05, 0.1) is 21.8 Å². The van der Waals surface area contributed by atoms with E-state index in [1.54, 1.807) is 13.2 Å². The van der Waals surface area contributed by atoms with Crippen LogP contribution in [0.15, 0.2) is 28.7 Å². The summed E-state index contributed by atoms with van der Waals surface area (Å²) in [5, 5.41) is 0. The Morgan fingerprint density at radius 3 is 2.50 bits per heavy atom. The van der Waals surface area contributed by atoms with E-state index in [-0.39, 0.29) is 6.04 Å². The molecular formula is C12H10BrCl2NOS. The molecule has 2 nitrogen and oxygen atoms in total. The van der Waals surface area contributed by atoms with E-state index in [4.69, 9.17) is 33.7 Å². The Hall–Kier alpha value is -0.260. The lowest BCUT2D eigenvalue weighted by Gasteiger charge is -2.14. The molecule has 1 heterocycles. The zero-order valence-corrected chi connectivity index (χ0v) is 13.3. The number of hydrogen-bond acceptors (Lipinski definition) is 3. The summed E-state index contributed by atoms with van der Waals surface area (Å²) >= 11 is 16.8. The average molecular weight is 367 g/mol. The number of benzene rings is 1. The topological polar surface area (TPSA) is 35.2 Å². The second-order valence-electron chi connectivity index (χ2n) is 3.64. The van der Waals surface area contributed by atoms with Crippen molar-refractivity contribution in [1.82, 2.24) is 0 Å². The quantitative estimate of drug-likeness (QED) is 0.840. The van der Waals surface area contributed by atoms with Crippen LogP contribution in [-0.4, -0.2) is 7.11 Å². The molecule has 18 heavy (non-hydrogen) atoms. The van der Waals surface area contributed by atoms with Gasteiger partial charge in [-0.2, -0.15) is 0 Å². The minimum atomic E-state index is -0.318. The molecule has 96 valence electrons. The maximum Gasteiger partial charge on any atom is 0.120 e. The van der Waals surface area contributed by atoms with Crippen LogP contribution in [0.1, 0.15) is 17.2 Å². The fourth-order valence-corrected chi connectivity index (χ4v) is 3.77. The summed E-state index contributed by atoms with van der Waals surface area (Å²) in [4.78, 5) is 0. The Bertz CT molecular complexity index is 573. The van der Waals surface area contributed by atoms with Crippen LogP contribution >= 0.6 is 50.5 Å². The van der Waals surface area contributed by atoms with Crippen LogP contribution in [0.5, 0.6) is 5.75 Å². The molecule has 2 N–H and O–H groups in total. The first-order valence-corrected chi connectivity index (χ1v) is 7.43. The number of hydrogen-bond donors (Lipinski definition) is 1. The van der Waals surface area contributed by atoms with Crippen LogP contribution in [0.25, 0.3) is 0 Å². The predicted molar refractivity (Wildman–Crippen MR) is 81.1 cm³/mol. The van der Waals surface area contributed by atoms with E-state index in [2.05, 4.69) is 15.9 Å². The smallest absolute Gasteiger partial charge is 0.120 e. The Morgan fingerprint density at radius 2 is 2.00 bits per heavy atom. The molecule has 1 aromatic carbocycles. The third kappa shape index (κ3) is 2.83. The highest BCUT2D eigenvalue weighted by atomic mass is 79.9. The van der Waals surface area contributed by atoms with E-state index in [1.807, 2.05) is 18.2 Å². The van der Waals surface area contributed by atoms with Gasteiger partial charge in [-0.3, -0.25) is 0 Å². The Labute approximate surface area is 128 Å². The lowest BCUT2D eigenvalue weighted by Crippen LogP contribution is -2.12. The normalized spacial score (nSPS) is 12.5. The predicted octanol–water partition coefficient (Wildman–Crippen LogP) is 4.87. The minimum absolute atomic E-state index is 0.318. The standard InChI is InChI=1S/C12H10BrCl2NOS/c1-17-6-2-3-7(9(13)4-6)11(16)8-5-10(14)18-12(8)15/h2-5,11H,16H2,1H3. The first kappa shape index (κ1) is 14.2. The molecule has 1 aromatic heterocycles. The number of methoxy groups -OCH3 is 1. The van der Waals surface area contributed by atoms with Gasteiger partial charge in [0.2, 0.25) is 0 Å². The first-order chi connectivity index (χ1) is 8.52. The molecule has 0 spiro atoms. The van der Waals surface area contributed by atoms with Gasteiger partial charge >= 0.3 is 0 Å². The van der Waals surface area contributed by atoms with Gasteiger partial charge in [-0.15, -0.1) is 11.3 Å². The zero-order chi connectivity index (χ0) is 13.3. The largest absolute Gasteiger partial charge is 0.497 e. The van der Waals surface area contributed by atoms with Gasteiger partial charge in [0.1, 0.15) is 5.75 Å². The molecule has 0 aliphatic rings. The molecule has 2 rings (SSSR count). The summed E-state index contributed by atoms with van der Waals surface area (Å²) in [6.45, 7) is 0. The molecular weight excluding hydrogens is 357 g/mol. The molecule has 0 amide bonds. The fourth-order valence-electron chi connectivity index (χ4n) is 1.62. The van der Waals surface area contributed by atoms with E-state index >= 15 is 0 Å². The van der Waals surface area contributed by atoms with Gasteiger partial charge in [0.25, 0.3) is 0 Å². The van der Waals surface area contributed by atoms with Gasteiger partial charge < -0.3 is 10.5 Å². The number of rotatable bonds is 3. The SMILES string of the molecule is COc1ccc(C(N)c2cc(Cl)sc2Cl)c(Br)c1. The monoisotopic (exact) mass is 365 g/mol. The van der Waals surface area contributed by atoms with E-state index < -0.39 is 0 Å². The molecule has 0 radical (unpaired) electrons. The van der Waals surface area contributed by atoms with Gasteiger partial charge in [0.15, 0.2) is 0 Å². The summed E-state index contributed by atoms with van der Waals surface area (Å²) < 4.78 is 7.28. The van der Waals surface area contributed by atoms with E-state index in [0.29, 0.717) is 8.67 Å². The van der Waals surface area contributed by atoms with Crippen molar-refractivity contribution in [2.75, 3.05) is 7.11 Å². The minimum Gasteiger partial charge on any atom is -0.497 e. The Morgan fingerprint density at radius 1 is 1.28 bits per heavy atom. The van der Waals surface area contributed by atoms with E-state index in [0.717, 1.165) is 21.3 Å². The molecule has 0 aliphatic carbocycles. The van der Waals surface area contributed by atoms with Crippen molar-refractivity contribution in [2.24, 2.45) is 5.73 Å². The number of ether oxygens (including phenoxy) is 1. The van der Waals surface area contributed by atoms with Gasteiger partial charge in [-0.1, -0.05) is 45.2 Å². The molecule has 0 bridgehead atoms. The molecule has 0 saturated carbocycles. The van der Waals surface area contributed by atoms with E-state index in [9.17, 15) is 0 Å². The van der Waals surface area contributed by atoms with Crippen LogP contribution in [-0.2, 0) is 0 Å². The summed E-state index contributed by atoms with van der Waals surface area (Å²) in [5.41, 5.74) is 7.98. The van der Waals surface area contributed by atoms with Crippen molar-refractivity contribution in [3.63, 3.8) is 0 Å². The first-order valence-electron chi connectivity index (χ1n) is 5.06. The third-order valence-corrected chi connectivity index (χ3v) is 4.77. The second kappa shape index (κ2) is 5.80. The number of thiophene rings is 1. The average Bonchev–Trinajstić information content (AvgIpc) is 2.67. The lowest BCUT2D eigenvalue weighted by atomic mass is 10.0. The van der Waals surface area contributed by atoms with Crippen LogP contribution in [0.3, 0.4) is 0 Å². The van der Waals surface area contributed by atoms with Gasteiger partial charge in [-0.25, -0.2) is 0 Å². The molecule has 1 atom stereocenters. The Kier molecular flexibility index (Phi) is 4.56. The fraction of sp³-hybridized carbons (Fsp3) is 0.167. The third-order valence-electron chi connectivity index (χ3n) is 2.56. The van der Waals surface area contributed by atoms with Crippen molar-refractivity contribution in [3.05, 3.63) is 48.5 Å². The van der Waals surface area contributed by atoms with Crippen LogP contribution in [0.2, 0.25) is 8.67 Å². The highest BCUT2D eigenvalue weighted by molar-refractivity contribution is 9.10. The summed E-state index contributed by atoms with van der Waals surface area (Å²) in [6.07, 6.45) is 0. The summed E-state index contributed by atoms with van der Waals surface area (Å²) in [7, 11) is 1.62. The highest BCUT2D eigenvalue weighted by Crippen LogP contribution is 2.38. The maximum atomic E-state index is 6.22.